The van der Waals surface area contributed by atoms with Crippen LogP contribution in [0.3, 0.4) is 0 Å². The number of amides is 1. The van der Waals surface area contributed by atoms with E-state index in [1.165, 1.54) is 16.3 Å². The fraction of sp³-hybridized carbons (Fsp3) is 0.533. The van der Waals surface area contributed by atoms with Crippen LogP contribution in [-0.2, 0) is 17.8 Å². The molecule has 1 unspecified atom stereocenters. The molecule has 2 heterocycles. The molecule has 2 aromatic rings. The van der Waals surface area contributed by atoms with Crippen molar-refractivity contribution in [1.29, 1.82) is 0 Å². The van der Waals surface area contributed by atoms with Crippen molar-refractivity contribution in [3.63, 3.8) is 0 Å². The van der Waals surface area contributed by atoms with Gasteiger partial charge in [0.2, 0.25) is 5.91 Å². The number of aryl methyl sites for hydroxylation is 1. The maximum atomic E-state index is 12.7. The van der Waals surface area contributed by atoms with Gasteiger partial charge in [0.05, 0.1) is 5.39 Å². The molecule has 0 aliphatic rings. The monoisotopic (exact) mass is 339 g/mol. The fourth-order valence-electron chi connectivity index (χ4n) is 2.08. The summed E-state index contributed by atoms with van der Waals surface area (Å²) < 4.78 is 1.47. The van der Waals surface area contributed by atoms with Gasteiger partial charge in [0.25, 0.3) is 5.56 Å². The predicted molar refractivity (Wildman–Crippen MR) is 92.9 cm³/mol. The minimum atomic E-state index is -0.154. The molecule has 0 aromatic carbocycles. The highest BCUT2D eigenvalue weighted by atomic mass is 32.2. The molecule has 0 aliphatic heterocycles. The molecule has 2 aromatic heterocycles. The highest BCUT2D eigenvalue weighted by molar-refractivity contribution is 7.98. The van der Waals surface area contributed by atoms with Gasteiger partial charge in [0, 0.05) is 10.9 Å². The number of fused-ring (bicyclic) bond motifs is 1. The summed E-state index contributed by atoms with van der Waals surface area (Å²) in [6.45, 7) is 6.03. The van der Waals surface area contributed by atoms with E-state index >= 15 is 0 Å². The smallest absolute Gasteiger partial charge is 0.263 e. The van der Waals surface area contributed by atoms with Crippen molar-refractivity contribution < 1.29 is 4.79 Å². The Bertz CT molecular complexity index is 736. The Labute approximate surface area is 138 Å². The van der Waals surface area contributed by atoms with E-state index in [4.69, 9.17) is 0 Å². The number of aromatic nitrogens is 2. The first kappa shape index (κ1) is 17.0. The molecule has 1 amide bonds. The van der Waals surface area contributed by atoms with Crippen LogP contribution in [0.4, 0.5) is 0 Å². The molecule has 0 bridgehead atoms. The maximum absolute atomic E-state index is 12.7. The highest BCUT2D eigenvalue weighted by Crippen LogP contribution is 2.24. The lowest BCUT2D eigenvalue weighted by atomic mass is 10.2. The third-order valence-electron chi connectivity index (χ3n) is 3.52. The fourth-order valence-corrected chi connectivity index (χ4v) is 3.65. The molecule has 0 fully saturated rings. The van der Waals surface area contributed by atoms with Crippen LogP contribution in [0.1, 0.15) is 32.1 Å². The summed E-state index contributed by atoms with van der Waals surface area (Å²) in [5.74, 6) is -0.154. The van der Waals surface area contributed by atoms with Gasteiger partial charge < -0.3 is 5.32 Å². The second-order valence-electron chi connectivity index (χ2n) is 5.15. The van der Waals surface area contributed by atoms with Crippen LogP contribution in [0.2, 0.25) is 0 Å². The lowest BCUT2D eigenvalue weighted by Gasteiger charge is -2.14. The van der Waals surface area contributed by atoms with Gasteiger partial charge in [-0.2, -0.15) is 0 Å². The molecule has 1 N–H and O–H groups in total. The van der Waals surface area contributed by atoms with Gasteiger partial charge in [0.15, 0.2) is 5.16 Å². The summed E-state index contributed by atoms with van der Waals surface area (Å²) in [4.78, 5) is 31.2. The molecule has 2 rings (SSSR count). The van der Waals surface area contributed by atoms with Gasteiger partial charge in [-0.15, -0.1) is 11.3 Å². The van der Waals surface area contributed by atoms with Crippen molar-refractivity contribution >= 4 is 39.2 Å². The minimum Gasteiger partial charge on any atom is -0.352 e. The van der Waals surface area contributed by atoms with Crippen LogP contribution in [-0.4, -0.2) is 27.8 Å². The second-order valence-corrected chi connectivity index (χ2v) is 7.04. The first-order valence-electron chi connectivity index (χ1n) is 7.36. The Balaban J connectivity index is 2.41. The Morgan fingerprint density at radius 3 is 2.82 bits per heavy atom. The lowest BCUT2D eigenvalue weighted by molar-refractivity contribution is -0.122. The van der Waals surface area contributed by atoms with Gasteiger partial charge in [-0.25, -0.2) is 4.98 Å². The number of nitrogens with one attached hydrogen (secondary N) is 1. The Kier molecular flexibility index (Phi) is 5.63. The zero-order valence-electron chi connectivity index (χ0n) is 13.3. The molecule has 1 atom stereocenters. The average Bonchev–Trinajstić information content (AvgIpc) is 2.93. The van der Waals surface area contributed by atoms with E-state index in [0.717, 1.165) is 22.5 Å². The van der Waals surface area contributed by atoms with Crippen molar-refractivity contribution in [2.24, 2.45) is 0 Å². The van der Waals surface area contributed by atoms with Crippen LogP contribution in [0.15, 0.2) is 16.0 Å². The van der Waals surface area contributed by atoms with Crippen LogP contribution in [0.25, 0.3) is 10.2 Å². The largest absolute Gasteiger partial charge is 0.352 e. The SMILES string of the molecule is CCc1cc2c(=O)n(CC(=O)NC(C)CC)c(SC)nc2s1. The third-order valence-corrected chi connectivity index (χ3v) is 5.37. The quantitative estimate of drug-likeness (QED) is 0.649. The second kappa shape index (κ2) is 7.28. The van der Waals surface area contributed by atoms with Crippen LogP contribution in [0.5, 0.6) is 0 Å². The molecule has 22 heavy (non-hydrogen) atoms. The van der Waals surface area contributed by atoms with Crippen molar-refractivity contribution in [2.45, 2.75) is 51.4 Å². The third kappa shape index (κ3) is 3.52. The summed E-state index contributed by atoms with van der Waals surface area (Å²) in [7, 11) is 0. The standard InChI is InChI=1S/C15H21N3O2S2/c1-5-9(3)16-12(19)8-18-14(20)11-7-10(6-2)22-13(11)17-15(18)21-4/h7,9H,5-6,8H2,1-4H3,(H,16,19). The molecule has 0 saturated heterocycles. The molecule has 120 valence electrons. The molecule has 0 radical (unpaired) electrons. The normalized spacial score (nSPS) is 12.5. The zero-order chi connectivity index (χ0) is 16.3. The van der Waals surface area contributed by atoms with Crippen molar-refractivity contribution in [1.82, 2.24) is 14.9 Å². The van der Waals surface area contributed by atoms with E-state index in [9.17, 15) is 9.59 Å². The van der Waals surface area contributed by atoms with E-state index in [1.54, 1.807) is 11.3 Å². The van der Waals surface area contributed by atoms with Gasteiger partial charge >= 0.3 is 0 Å². The molecular formula is C15H21N3O2S2. The number of rotatable bonds is 6. The summed E-state index contributed by atoms with van der Waals surface area (Å²) in [5, 5.41) is 4.08. The predicted octanol–water partition coefficient (Wildman–Crippen LogP) is 2.66. The first-order chi connectivity index (χ1) is 10.5. The molecular weight excluding hydrogens is 318 g/mol. The van der Waals surface area contributed by atoms with E-state index in [0.29, 0.717) is 10.5 Å². The molecule has 0 spiro atoms. The van der Waals surface area contributed by atoms with Crippen molar-refractivity contribution in [3.8, 4) is 0 Å². The Morgan fingerprint density at radius 2 is 2.23 bits per heavy atom. The Morgan fingerprint density at radius 1 is 1.50 bits per heavy atom. The van der Waals surface area contributed by atoms with Gasteiger partial charge in [-0.3, -0.25) is 14.2 Å². The number of thioether (sulfide) groups is 1. The van der Waals surface area contributed by atoms with Gasteiger partial charge in [0.1, 0.15) is 11.4 Å². The maximum Gasteiger partial charge on any atom is 0.263 e. The summed E-state index contributed by atoms with van der Waals surface area (Å²) in [6, 6.07) is 1.99. The zero-order valence-corrected chi connectivity index (χ0v) is 14.9. The first-order valence-corrected chi connectivity index (χ1v) is 9.40. The number of thiophene rings is 1. The van der Waals surface area contributed by atoms with Crippen LogP contribution < -0.4 is 10.9 Å². The number of hydrogen-bond donors (Lipinski definition) is 1. The highest BCUT2D eigenvalue weighted by Gasteiger charge is 2.16. The van der Waals surface area contributed by atoms with Crippen LogP contribution >= 0.6 is 23.1 Å². The topological polar surface area (TPSA) is 64.0 Å². The van der Waals surface area contributed by atoms with Crippen molar-refractivity contribution in [2.75, 3.05) is 6.26 Å². The molecule has 0 aliphatic carbocycles. The average molecular weight is 339 g/mol. The number of carbonyl (C=O) groups is 1. The van der Waals surface area contributed by atoms with Crippen molar-refractivity contribution in [3.05, 3.63) is 21.3 Å². The minimum absolute atomic E-state index is 0.0135. The van der Waals surface area contributed by atoms with Gasteiger partial charge in [-0.05, 0) is 32.1 Å². The van der Waals surface area contributed by atoms with E-state index in [-0.39, 0.29) is 24.1 Å². The van der Waals surface area contributed by atoms with Gasteiger partial charge in [-0.1, -0.05) is 25.6 Å². The Hall–Kier alpha value is -1.34. The summed E-state index contributed by atoms with van der Waals surface area (Å²) >= 11 is 2.93. The number of nitrogens with zero attached hydrogens (tertiary/aromatic N) is 2. The van der Waals surface area contributed by atoms with E-state index in [1.807, 2.05) is 26.2 Å². The molecule has 7 heteroatoms. The lowest BCUT2D eigenvalue weighted by Crippen LogP contribution is -2.37. The van der Waals surface area contributed by atoms with E-state index < -0.39 is 0 Å². The number of hydrogen-bond acceptors (Lipinski definition) is 5. The molecule has 5 nitrogen and oxygen atoms in total. The molecule has 0 saturated carbocycles. The summed E-state index contributed by atoms with van der Waals surface area (Å²) in [5.41, 5.74) is -0.135. The summed E-state index contributed by atoms with van der Waals surface area (Å²) in [6.07, 6.45) is 3.60. The van der Waals surface area contributed by atoms with E-state index in [2.05, 4.69) is 17.2 Å². The van der Waals surface area contributed by atoms with Crippen LogP contribution in [0, 0.1) is 0 Å². The number of carbonyl (C=O) groups excluding carboxylic acids is 1.